The quantitative estimate of drug-likeness (QED) is 0.733. The highest BCUT2D eigenvalue weighted by Crippen LogP contribution is 2.29. The molecule has 4 heterocycles. The van der Waals surface area contributed by atoms with Gasteiger partial charge in [0.25, 0.3) is 0 Å². The third-order valence-corrected chi connectivity index (χ3v) is 4.95. The number of anilines is 1. The fourth-order valence-electron chi connectivity index (χ4n) is 3.59. The molecule has 130 valence electrons. The molecule has 1 aliphatic heterocycles. The number of fused-ring (bicyclic) bond motifs is 1. The van der Waals surface area contributed by atoms with Crippen LogP contribution in [0.25, 0.3) is 5.52 Å². The van der Waals surface area contributed by atoms with Gasteiger partial charge in [0.15, 0.2) is 5.82 Å². The predicted octanol–water partition coefficient (Wildman–Crippen LogP) is 2.57. The Morgan fingerprint density at radius 1 is 1.16 bits per heavy atom. The SMILES string of the molecule is CN(C)c1nc(C2CCN(Cc3cccnc3)CC2)cn2nccc12. The minimum absolute atomic E-state index is 0.498. The molecule has 3 aromatic rings. The minimum Gasteiger partial charge on any atom is -0.361 e. The maximum absolute atomic E-state index is 4.94. The van der Waals surface area contributed by atoms with Crippen LogP contribution in [0.4, 0.5) is 5.82 Å². The summed E-state index contributed by atoms with van der Waals surface area (Å²) in [6.45, 7) is 3.17. The Hall–Kier alpha value is -2.47. The molecule has 0 bridgehead atoms. The van der Waals surface area contributed by atoms with Gasteiger partial charge in [-0.25, -0.2) is 9.50 Å². The fourth-order valence-corrected chi connectivity index (χ4v) is 3.59. The van der Waals surface area contributed by atoms with Crippen LogP contribution in [0.15, 0.2) is 43.0 Å². The third kappa shape index (κ3) is 3.35. The number of piperidine rings is 1. The monoisotopic (exact) mass is 336 g/mol. The fraction of sp³-hybridized carbons (Fsp3) is 0.421. The topological polar surface area (TPSA) is 49.6 Å². The van der Waals surface area contributed by atoms with E-state index in [9.17, 15) is 0 Å². The third-order valence-electron chi connectivity index (χ3n) is 4.95. The Kier molecular flexibility index (Phi) is 4.36. The molecule has 1 saturated heterocycles. The van der Waals surface area contributed by atoms with Gasteiger partial charge in [0.2, 0.25) is 0 Å². The number of nitrogens with zero attached hydrogens (tertiary/aromatic N) is 6. The standard InChI is InChI=1S/C19H24N6/c1-23(2)19-18-5-9-21-25(18)14-17(22-19)16-6-10-24(11-7-16)13-15-4-3-8-20-12-15/h3-5,8-9,12,14,16H,6-7,10-11,13H2,1-2H3. The molecule has 25 heavy (non-hydrogen) atoms. The summed E-state index contributed by atoms with van der Waals surface area (Å²) in [5.41, 5.74) is 3.50. The van der Waals surface area contributed by atoms with Crippen molar-refractivity contribution in [3.05, 3.63) is 54.2 Å². The normalized spacial score (nSPS) is 16.4. The second kappa shape index (κ2) is 6.80. The lowest BCUT2D eigenvalue weighted by atomic mass is 9.93. The summed E-state index contributed by atoms with van der Waals surface area (Å²) < 4.78 is 1.96. The van der Waals surface area contributed by atoms with Gasteiger partial charge in [0.1, 0.15) is 5.52 Å². The Bertz CT molecular complexity index is 834. The molecule has 1 fully saturated rings. The van der Waals surface area contributed by atoms with Gasteiger partial charge in [-0.05, 0) is 43.6 Å². The first kappa shape index (κ1) is 16.0. The Morgan fingerprint density at radius 3 is 2.72 bits per heavy atom. The molecule has 0 spiro atoms. The van der Waals surface area contributed by atoms with Crippen molar-refractivity contribution in [1.82, 2.24) is 24.5 Å². The van der Waals surface area contributed by atoms with Crippen molar-refractivity contribution in [2.45, 2.75) is 25.3 Å². The van der Waals surface area contributed by atoms with Crippen LogP contribution in [0, 0.1) is 0 Å². The molecular formula is C19H24N6. The van der Waals surface area contributed by atoms with Crippen LogP contribution in [0.2, 0.25) is 0 Å². The molecule has 6 nitrogen and oxygen atoms in total. The van der Waals surface area contributed by atoms with Gasteiger partial charge in [-0.3, -0.25) is 9.88 Å². The summed E-state index contributed by atoms with van der Waals surface area (Å²) in [5, 5.41) is 4.42. The first-order chi connectivity index (χ1) is 12.2. The summed E-state index contributed by atoms with van der Waals surface area (Å²) in [7, 11) is 4.07. The van der Waals surface area contributed by atoms with Crippen LogP contribution >= 0.6 is 0 Å². The lowest BCUT2D eigenvalue weighted by Crippen LogP contribution is -2.33. The highest BCUT2D eigenvalue weighted by molar-refractivity contribution is 5.68. The van der Waals surface area contributed by atoms with Crippen molar-refractivity contribution < 1.29 is 0 Å². The van der Waals surface area contributed by atoms with Gasteiger partial charge in [-0.2, -0.15) is 5.10 Å². The summed E-state index contributed by atoms with van der Waals surface area (Å²) in [4.78, 5) is 13.7. The number of hydrogen-bond acceptors (Lipinski definition) is 5. The van der Waals surface area contributed by atoms with E-state index < -0.39 is 0 Å². The van der Waals surface area contributed by atoms with E-state index in [-0.39, 0.29) is 0 Å². The first-order valence-electron chi connectivity index (χ1n) is 8.83. The van der Waals surface area contributed by atoms with Crippen molar-refractivity contribution in [1.29, 1.82) is 0 Å². The van der Waals surface area contributed by atoms with Crippen molar-refractivity contribution in [2.24, 2.45) is 0 Å². The summed E-state index contributed by atoms with van der Waals surface area (Å²) in [6, 6.07) is 6.17. The number of aromatic nitrogens is 4. The molecule has 0 amide bonds. The van der Waals surface area contributed by atoms with Crippen molar-refractivity contribution >= 4 is 11.3 Å². The van der Waals surface area contributed by atoms with Gasteiger partial charge < -0.3 is 4.90 Å². The molecule has 4 rings (SSSR count). The second-order valence-corrected chi connectivity index (χ2v) is 6.96. The zero-order valence-corrected chi connectivity index (χ0v) is 14.8. The second-order valence-electron chi connectivity index (χ2n) is 6.96. The molecule has 0 radical (unpaired) electrons. The molecule has 6 heteroatoms. The van der Waals surface area contributed by atoms with Crippen LogP contribution in [0.3, 0.4) is 0 Å². The number of pyridine rings is 1. The van der Waals surface area contributed by atoms with Crippen LogP contribution in [-0.2, 0) is 6.54 Å². The van der Waals surface area contributed by atoms with E-state index in [0.717, 1.165) is 49.5 Å². The molecular weight excluding hydrogens is 312 g/mol. The molecule has 0 atom stereocenters. The number of rotatable bonds is 4. The number of likely N-dealkylation sites (tertiary alicyclic amines) is 1. The predicted molar refractivity (Wildman–Crippen MR) is 98.8 cm³/mol. The van der Waals surface area contributed by atoms with Crippen LogP contribution in [0.5, 0.6) is 0 Å². The van der Waals surface area contributed by atoms with E-state index in [1.165, 1.54) is 5.56 Å². The molecule has 0 saturated carbocycles. The lowest BCUT2D eigenvalue weighted by molar-refractivity contribution is 0.203. The Labute approximate surface area is 148 Å². The van der Waals surface area contributed by atoms with Crippen LogP contribution in [-0.4, -0.2) is 51.7 Å². The zero-order chi connectivity index (χ0) is 17.2. The smallest absolute Gasteiger partial charge is 0.154 e. The van der Waals surface area contributed by atoms with E-state index in [2.05, 4.69) is 32.1 Å². The van der Waals surface area contributed by atoms with Gasteiger partial charge >= 0.3 is 0 Å². The van der Waals surface area contributed by atoms with Gasteiger partial charge in [0, 0.05) is 39.0 Å². The Balaban J connectivity index is 1.48. The molecule has 0 aromatic carbocycles. The van der Waals surface area contributed by atoms with E-state index in [1.807, 2.05) is 49.3 Å². The summed E-state index contributed by atoms with van der Waals surface area (Å²) in [6.07, 6.45) is 9.99. The van der Waals surface area contributed by atoms with Gasteiger partial charge in [0.05, 0.1) is 18.1 Å². The molecule has 0 N–H and O–H groups in total. The number of hydrogen-bond donors (Lipinski definition) is 0. The van der Waals surface area contributed by atoms with Gasteiger partial charge in [-0.15, -0.1) is 0 Å². The molecule has 0 aliphatic carbocycles. The van der Waals surface area contributed by atoms with Crippen LogP contribution in [0.1, 0.15) is 30.0 Å². The summed E-state index contributed by atoms with van der Waals surface area (Å²) in [5.74, 6) is 1.49. The van der Waals surface area contributed by atoms with Crippen molar-refractivity contribution in [3.63, 3.8) is 0 Å². The van der Waals surface area contributed by atoms with Crippen molar-refractivity contribution in [3.8, 4) is 0 Å². The van der Waals surface area contributed by atoms with E-state index in [4.69, 9.17) is 4.98 Å². The summed E-state index contributed by atoms with van der Waals surface area (Å²) >= 11 is 0. The maximum atomic E-state index is 4.94. The molecule has 0 unspecified atom stereocenters. The molecule has 1 aliphatic rings. The van der Waals surface area contributed by atoms with E-state index in [1.54, 1.807) is 0 Å². The maximum Gasteiger partial charge on any atom is 0.154 e. The Morgan fingerprint density at radius 2 is 2.00 bits per heavy atom. The largest absolute Gasteiger partial charge is 0.361 e. The average molecular weight is 336 g/mol. The van der Waals surface area contributed by atoms with E-state index >= 15 is 0 Å². The molecule has 3 aromatic heterocycles. The van der Waals surface area contributed by atoms with Gasteiger partial charge in [-0.1, -0.05) is 6.07 Å². The highest BCUT2D eigenvalue weighted by atomic mass is 15.3. The average Bonchev–Trinajstić information content (AvgIpc) is 3.11. The zero-order valence-electron chi connectivity index (χ0n) is 14.8. The highest BCUT2D eigenvalue weighted by Gasteiger charge is 2.23. The van der Waals surface area contributed by atoms with E-state index in [0.29, 0.717) is 5.92 Å². The minimum atomic E-state index is 0.498. The van der Waals surface area contributed by atoms with Crippen molar-refractivity contribution in [2.75, 3.05) is 32.1 Å². The first-order valence-corrected chi connectivity index (χ1v) is 8.83. The van der Waals surface area contributed by atoms with Crippen LogP contribution < -0.4 is 4.90 Å². The lowest BCUT2D eigenvalue weighted by Gasteiger charge is -2.32.